The van der Waals surface area contributed by atoms with E-state index in [-0.39, 0.29) is 0 Å². The Morgan fingerprint density at radius 2 is 2.05 bits per heavy atom. The Labute approximate surface area is 127 Å². The molecule has 0 saturated carbocycles. The van der Waals surface area contributed by atoms with Gasteiger partial charge in [-0.25, -0.2) is 4.98 Å². The van der Waals surface area contributed by atoms with Gasteiger partial charge in [0, 0.05) is 11.8 Å². The van der Waals surface area contributed by atoms with Crippen LogP contribution in [0.25, 0.3) is 11.1 Å². The Bertz CT molecular complexity index is 605. The molecule has 0 atom stereocenters. The minimum absolute atomic E-state index is 0.291. The van der Waals surface area contributed by atoms with Crippen LogP contribution in [-0.4, -0.2) is 16.6 Å². The molecule has 0 aliphatic heterocycles. The first-order chi connectivity index (χ1) is 9.61. The van der Waals surface area contributed by atoms with Crippen molar-refractivity contribution in [2.45, 2.75) is 19.8 Å². The van der Waals surface area contributed by atoms with E-state index in [1.807, 2.05) is 6.07 Å². The second-order valence-electron chi connectivity index (χ2n) is 4.28. The van der Waals surface area contributed by atoms with Crippen molar-refractivity contribution < 1.29 is 4.74 Å². The number of aromatic nitrogens is 2. The standard InChI is InChI=1S/C14H15Cl2N3O/c1-2-3-6-20-14-18-8-10(13(17)19-14)9-4-5-11(15)12(16)7-9/h4-5,7-8H,2-3,6H2,1H3,(H2,17,18,19). The molecule has 0 fully saturated rings. The van der Waals surface area contributed by atoms with Crippen LogP contribution in [0, 0.1) is 0 Å². The summed E-state index contributed by atoms with van der Waals surface area (Å²) in [6.07, 6.45) is 3.64. The van der Waals surface area contributed by atoms with E-state index in [2.05, 4.69) is 16.9 Å². The third-order valence-corrected chi connectivity index (χ3v) is 3.49. The lowest BCUT2D eigenvalue weighted by Crippen LogP contribution is -2.03. The molecule has 2 aromatic rings. The van der Waals surface area contributed by atoms with Crippen molar-refractivity contribution in [1.29, 1.82) is 0 Å². The largest absolute Gasteiger partial charge is 0.463 e. The van der Waals surface area contributed by atoms with E-state index in [9.17, 15) is 0 Å². The fourth-order valence-corrected chi connectivity index (χ4v) is 1.94. The van der Waals surface area contributed by atoms with Gasteiger partial charge in [0.15, 0.2) is 0 Å². The maximum absolute atomic E-state index is 5.99. The first-order valence-electron chi connectivity index (χ1n) is 6.32. The van der Waals surface area contributed by atoms with Gasteiger partial charge in [0.2, 0.25) is 0 Å². The van der Waals surface area contributed by atoms with Crippen molar-refractivity contribution in [2.75, 3.05) is 12.3 Å². The summed E-state index contributed by atoms with van der Waals surface area (Å²) in [5.74, 6) is 0.352. The smallest absolute Gasteiger partial charge is 0.318 e. The van der Waals surface area contributed by atoms with Crippen LogP contribution in [0.5, 0.6) is 6.01 Å². The second kappa shape index (κ2) is 6.77. The van der Waals surface area contributed by atoms with E-state index in [0.717, 1.165) is 18.4 Å². The quantitative estimate of drug-likeness (QED) is 0.840. The number of anilines is 1. The summed E-state index contributed by atoms with van der Waals surface area (Å²) in [5.41, 5.74) is 7.46. The summed E-state index contributed by atoms with van der Waals surface area (Å²) in [4.78, 5) is 8.29. The number of unbranched alkanes of at least 4 members (excludes halogenated alkanes) is 1. The van der Waals surface area contributed by atoms with Crippen LogP contribution in [0.3, 0.4) is 0 Å². The van der Waals surface area contributed by atoms with Crippen molar-refractivity contribution >= 4 is 29.0 Å². The molecule has 0 bridgehead atoms. The molecule has 1 aromatic heterocycles. The zero-order valence-electron chi connectivity index (χ0n) is 11.1. The number of nitrogen functional groups attached to an aromatic ring is 1. The summed E-state index contributed by atoms with van der Waals surface area (Å²) in [6.45, 7) is 2.67. The Morgan fingerprint density at radius 3 is 2.70 bits per heavy atom. The Morgan fingerprint density at radius 1 is 1.25 bits per heavy atom. The first-order valence-corrected chi connectivity index (χ1v) is 7.08. The van der Waals surface area contributed by atoms with Crippen LogP contribution in [0.2, 0.25) is 10.0 Å². The number of hydrogen-bond donors (Lipinski definition) is 1. The zero-order chi connectivity index (χ0) is 14.5. The van der Waals surface area contributed by atoms with Gasteiger partial charge in [-0.15, -0.1) is 0 Å². The van der Waals surface area contributed by atoms with Crippen LogP contribution < -0.4 is 10.5 Å². The number of rotatable bonds is 5. The van der Waals surface area contributed by atoms with Gasteiger partial charge in [-0.1, -0.05) is 42.6 Å². The van der Waals surface area contributed by atoms with Crippen molar-refractivity contribution in [3.63, 3.8) is 0 Å². The molecule has 20 heavy (non-hydrogen) atoms. The summed E-state index contributed by atoms with van der Waals surface area (Å²) >= 11 is 11.9. The van der Waals surface area contributed by atoms with Crippen molar-refractivity contribution in [1.82, 2.24) is 9.97 Å². The summed E-state index contributed by atoms with van der Waals surface area (Å²) in [5, 5.41) is 0.960. The second-order valence-corrected chi connectivity index (χ2v) is 5.10. The summed E-state index contributed by atoms with van der Waals surface area (Å²) < 4.78 is 5.41. The number of nitrogens with zero attached hydrogens (tertiary/aromatic N) is 2. The Kier molecular flexibility index (Phi) is 5.04. The van der Waals surface area contributed by atoms with Crippen LogP contribution >= 0.6 is 23.2 Å². The highest BCUT2D eigenvalue weighted by molar-refractivity contribution is 6.42. The predicted molar refractivity (Wildman–Crippen MR) is 82.3 cm³/mol. The average molecular weight is 312 g/mol. The molecular formula is C14H15Cl2N3O. The van der Waals surface area contributed by atoms with Crippen LogP contribution in [0.15, 0.2) is 24.4 Å². The van der Waals surface area contributed by atoms with Crippen LogP contribution in [-0.2, 0) is 0 Å². The van der Waals surface area contributed by atoms with E-state index >= 15 is 0 Å². The molecule has 0 aliphatic rings. The molecule has 1 heterocycles. The van der Waals surface area contributed by atoms with Crippen molar-refractivity contribution in [3.05, 3.63) is 34.4 Å². The Hall–Kier alpha value is -1.52. The summed E-state index contributed by atoms with van der Waals surface area (Å²) in [6, 6.07) is 5.56. The van der Waals surface area contributed by atoms with Gasteiger partial charge >= 0.3 is 6.01 Å². The topological polar surface area (TPSA) is 61.0 Å². The molecule has 0 saturated heterocycles. The van der Waals surface area contributed by atoms with Gasteiger partial charge in [0.05, 0.1) is 16.7 Å². The van der Waals surface area contributed by atoms with Gasteiger partial charge in [0.25, 0.3) is 0 Å². The number of halogens is 2. The van der Waals surface area contributed by atoms with E-state index in [1.165, 1.54) is 0 Å². The highest BCUT2D eigenvalue weighted by atomic mass is 35.5. The summed E-state index contributed by atoms with van der Waals surface area (Å²) in [7, 11) is 0. The molecule has 0 amide bonds. The molecule has 0 spiro atoms. The van der Waals surface area contributed by atoms with E-state index in [0.29, 0.717) is 34.0 Å². The van der Waals surface area contributed by atoms with Gasteiger partial charge in [-0.2, -0.15) is 4.98 Å². The lowest BCUT2D eigenvalue weighted by Gasteiger charge is -2.08. The average Bonchev–Trinajstić information content (AvgIpc) is 2.43. The molecule has 0 radical (unpaired) electrons. The lowest BCUT2D eigenvalue weighted by molar-refractivity contribution is 0.286. The maximum atomic E-state index is 5.99. The Balaban J connectivity index is 2.22. The zero-order valence-corrected chi connectivity index (χ0v) is 12.6. The third-order valence-electron chi connectivity index (χ3n) is 2.76. The van der Waals surface area contributed by atoms with Crippen LogP contribution in [0.1, 0.15) is 19.8 Å². The van der Waals surface area contributed by atoms with Crippen LogP contribution in [0.4, 0.5) is 5.82 Å². The van der Waals surface area contributed by atoms with Gasteiger partial charge < -0.3 is 10.5 Å². The number of nitrogens with two attached hydrogens (primary N) is 1. The molecule has 0 unspecified atom stereocenters. The predicted octanol–water partition coefficient (Wildman–Crippen LogP) is 4.21. The molecule has 0 aliphatic carbocycles. The molecule has 4 nitrogen and oxygen atoms in total. The number of hydrogen-bond acceptors (Lipinski definition) is 4. The van der Waals surface area contributed by atoms with E-state index in [4.69, 9.17) is 33.7 Å². The number of benzene rings is 1. The molecule has 2 rings (SSSR count). The number of ether oxygens (including phenoxy) is 1. The minimum atomic E-state index is 0.291. The van der Waals surface area contributed by atoms with Crippen molar-refractivity contribution in [2.24, 2.45) is 0 Å². The monoisotopic (exact) mass is 311 g/mol. The molecule has 1 aromatic carbocycles. The first kappa shape index (κ1) is 14.9. The molecule has 6 heteroatoms. The van der Waals surface area contributed by atoms with Gasteiger partial charge in [-0.3, -0.25) is 0 Å². The van der Waals surface area contributed by atoms with E-state index in [1.54, 1.807) is 18.3 Å². The van der Waals surface area contributed by atoms with E-state index < -0.39 is 0 Å². The SMILES string of the molecule is CCCCOc1ncc(-c2ccc(Cl)c(Cl)c2)c(N)n1. The molecule has 2 N–H and O–H groups in total. The molecular weight excluding hydrogens is 297 g/mol. The van der Waals surface area contributed by atoms with Gasteiger partial charge in [-0.05, 0) is 24.1 Å². The van der Waals surface area contributed by atoms with Crippen molar-refractivity contribution in [3.8, 4) is 17.1 Å². The molecule has 106 valence electrons. The fourth-order valence-electron chi connectivity index (χ4n) is 1.64. The highest BCUT2D eigenvalue weighted by Crippen LogP contribution is 2.30. The van der Waals surface area contributed by atoms with Gasteiger partial charge in [0.1, 0.15) is 5.82 Å². The third kappa shape index (κ3) is 3.52. The fraction of sp³-hybridized carbons (Fsp3) is 0.286. The highest BCUT2D eigenvalue weighted by Gasteiger charge is 2.09. The minimum Gasteiger partial charge on any atom is -0.463 e. The maximum Gasteiger partial charge on any atom is 0.318 e. The normalized spacial score (nSPS) is 10.6. The lowest BCUT2D eigenvalue weighted by atomic mass is 10.1.